The van der Waals surface area contributed by atoms with Crippen molar-refractivity contribution in [2.45, 2.75) is 5.85 Å². The summed E-state index contributed by atoms with van der Waals surface area (Å²) in [7, 11) is -2.74. The van der Waals surface area contributed by atoms with Crippen molar-refractivity contribution in [3.8, 4) is 0 Å². The lowest BCUT2D eigenvalue weighted by Crippen LogP contribution is -2.87. The molecule has 0 spiro atoms. The fourth-order valence-electron chi connectivity index (χ4n) is 0.636. The highest BCUT2D eigenvalue weighted by molar-refractivity contribution is 7.37. The Morgan fingerprint density at radius 3 is 2.23 bits per heavy atom. The summed E-state index contributed by atoms with van der Waals surface area (Å²) in [5.74, 6) is -1.63. The Morgan fingerprint density at radius 1 is 1.62 bits per heavy atom. The molecule has 2 atom stereocenters. The van der Waals surface area contributed by atoms with Crippen molar-refractivity contribution in [3.05, 3.63) is 0 Å². The fourth-order valence-corrected chi connectivity index (χ4v) is 1.09. The molecule has 1 saturated heterocycles. The quantitative estimate of drug-likeness (QED) is 0.434. The van der Waals surface area contributed by atoms with E-state index < -0.39 is 13.9 Å². The molecule has 78 valence electrons. The van der Waals surface area contributed by atoms with E-state index in [0.29, 0.717) is 0 Å². The van der Waals surface area contributed by atoms with Crippen LogP contribution in [0.1, 0.15) is 0 Å². The maximum atomic E-state index is 9.63. The van der Waals surface area contributed by atoms with Gasteiger partial charge in [-0.25, -0.2) is 0 Å². The standard InChI is InChI=1S/C4H9NO.C2H4ClO3P/c1-3-6-4-2-5-1;3-1-2(4)7(5)6/h5H,1-4H2;2,4H,1H2/p+1. The molecule has 1 aliphatic rings. The van der Waals surface area contributed by atoms with Crippen LogP contribution in [0.25, 0.3) is 0 Å². The second-order valence-corrected chi connectivity index (χ2v) is 3.87. The van der Waals surface area contributed by atoms with Crippen LogP contribution in [0, 0.1) is 0 Å². The lowest BCUT2D eigenvalue weighted by Gasteiger charge is -2.07. The molecule has 0 aromatic rings. The van der Waals surface area contributed by atoms with Gasteiger partial charge in [-0.15, -0.1) is 11.6 Å². The van der Waals surface area contributed by atoms with Gasteiger partial charge in [0.15, 0.2) is 0 Å². The minimum atomic E-state index is -2.74. The smallest absolute Gasteiger partial charge is 0.342 e. The molecule has 1 fully saturated rings. The summed E-state index contributed by atoms with van der Waals surface area (Å²) in [6, 6.07) is 0. The average Bonchev–Trinajstić information content (AvgIpc) is 2.20. The van der Waals surface area contributed by atoms with E-state index in [1.54, 1.807) is 0 Å². The number of ether oxygens (including phenoxy) is 1. The largest absolute Gasteiger partial charge is 0.593 e. The van der Waals surface area contributed by atoms with Crippen molar-refractivity contribution < 1.29 is 24.6 Å². The van der Waals surface area contributed by atoms with Gasteiger partial charge in [0.25, 0.3) is 5.85 Å². The number of aliphatic hydroxyl groups excluding tert-OH is 1. The molecular formula is C6H14ClNO4P+. The third kappa shape index (κ3) is 8.56. The zero-order valence-electron chi connectivity index (χ0n) is 7.19. The Morgan fingerprint density at radius 2 is 2.15 bits per heavy atom. The van der Waals surface area contributed by atoms with Crippen LogP contribution in [-0.4, -0.2) is 43.1 Å². The minimum Gasteiger partial charge on any atom is -0.593 e. The van der Waals surface area contributed by atoms with Crippen LogP contribution in [0.15, 0.2) is 0 Å². The van der Waals surface area contributed by atoms with E-state index in [0.717, 1.165) is 26.3 Å². The average molecular weight is 231 g/mol. The first-order chi connectivity index (χ1) is 6.18. The van der Waals surface area contributed by atoms with Crippen LogP contribution >= 0.6 is 19.6 Å². The second-order valence-electron chi connectivity index (χ2n) is 2.40. The summed E-state index contributed by atoms with van der Waals surface area (Å²) in [4.78, 5) is 9.63. The normalized spacial score (nSPS) is 19.8. The van der Waals surface area contributed by atoms with E-state index >= 15 is 0 Å². The van der Waals surface area contributed by atoms with Crippen molar-refractivity contribution in [1.82, 2.24) is 0 Å². The molecular weight excluding hydrogens is 216 g/mol. The molecule has 0 aliphatic carbocycles. The van der Waals surface area contributed by atoms with Gasteiger partial charge in [-0.3, -0.25) is 0 Å². The first-order valence-electron chi connectivity index (χ1n) is 3.95. The van der Waals surface area contributed by atoms with E-state index in [1.807, 2.05) is 0 Å². The molecule has 0 bridgehead atoms. The van der Waals surface area contributed by atoms with E-state index in [-0.39, 0.29) is 5.88 Å². The van der Waals surface area contributed by atoms with Crippen molar-refractivity contribution in [2.24, 2.45) is 0 Å². The molecule has 2 unspecified atom stereocenters. The molecule has 1 aliphatic heterocycles. The number of nitrogens with two attached hydrogens (primary N) is 1. The molecule has 1 heterocycles. The minimum absolute atomic E-state index is 0.251. The lowest BCUT2D eigenvalue weighted by atomic mass is 10.5. The van der Waals surface area contributed by atoms with Crippen LogP contribution in [0.5, 0.6) is 0 Å². The van der Waals surface area contributed by atoms with Crippen LogP contribution in [0.2, 0.25) is 0 Å². The van der Waals surface area contributed by atoms with E-state index in [9.17, 15) is 9.46 Å². The maximum Gasteiger partial charge on any atom is 0.342 e. The van der Waals surface area contributed by atoms with Crippen LogP contribution < -0.4 is 10.2 Å². The molecule has 3 N–H and O–H groups in total. The molecule has 0 aromatic heterocycles. The Balaban J connectivity index is 0.000000223. The molecule has 7 heteroatoms. The van der Waals surface area contributed by atoms with Gasteiger partial charge in [0.1, 0.15) is 0 Å². The summed E-state index contributed by atoms with van der Waals surface area (Å²) < 4.78 is 14.7. The predicted octanol–water partition coefficient (Wildman–Crippen LogP) is -1.77. The molecule has 0 radical (unpaired) electrons. The van der Waals surface area contributed by atoms with Crippen LogP contribution in [0.4, 0.5) is 0 Å². The molecule has 5 nitrogen and oxygen atoms in total. The zero-order chi connectivity index (χ0) is 10.1. The van der Waals surface area contributed by atoms with Crippen molar-refractivity contribution >= 4 is 19.6 Å². The highest BCUT2D eigenvalue weighted by Crippen LogP contribution is 2.14. The van der Waals surface area contributed by atoms with Gasteiger partial charge in [-0.1, -0.05) is 4.57 Å². The highest BCUT2D eigenvalue weighted by atomic mass is 35.5. The SMILES string of the molecule is C1COCC[NH2+]1.O=[P+]([O-])C(O)CCl. The van der Waals surface area contributed by atoms with E-state index in [4.69, 9.17) is 21.4 Å². The Bertz CT molecular complexity index is 133. The Kier molecular flexibility index (Phi) is 8.97. The predicted molar refractivity (Wildman–Crippen MR) is 46.8 cm³/mol. The van der Waals surface area contributed by atoms with E-state index in [2.05, 4.69) is 5.32 Å². The van der Waals surface area contributed by atoms with Crippen molar-refractivity contribution in [1.29, 1.82) is 0 Å². The number of rotatable bonds is 2. The van der Waals surface area contributed by atoms with Crippen molar-refractivity contribution in [3.63, 3.8) is 0 Å². The number of quaternary nitrogens is 1. The topological polar surface area (TPSA) is 86.2 Å². The molecule has 0 amide bonds. The molecule has 0 aromatic carbocycles. The third-order valence-corrected chi connectivity index (χ3v) is 2.49. The summed E-state index contributed by atoms with van der Waals surface area (Å²) in [6.07, 6.45) is 0. The fraction of sp³-hybridized carbons (Fsp3) is 1.00. The summed E-state index contributed by atoms with van der Waals surface area (Å²) in [6.45, 7) is 4.19. The van der Waals surface area contributed by atoms with Gasteiger partial charge in [0.2, 0.25) is 0 Å². The van der Waals surface area contributed by atoms with Gasteiger partial charge in [0.05, 0.1) is 32.2 Å². The summed E-state index contributed by atoms with van der Waals surface area (Å²) >= 11 is 4.91. The lowest BCUT2D eigenvalue weighted by molar-refractivity contribution is -0.670. The Hall–Kier alpha value is 0.230. The Labute approximate surface area is 82.9 Å². The second kappa shape index (κ2) is 8.81. The third-order valence-electron chi connectivity index (χ3n) is 1.31. The van der Waals surface area contributed by atoms with Gasteiger partial charge in [-0.2, -0.15) is 0 Å². The van der Waals surface area contributed by atoms with Gasteiger partial charge >= 0.3 is 8.03 Å². The number of hydrogen-bond donors (Lipinski definition) is 2. The highest BCUT2D eigenvalue weighted by Gasteiger charge is 2.13. The summed E-state index contributed by atoms with van der Waals surface area (Å²) in [5.41, 5.74) is 0. The van der Waals surface area contributed by atoms with Gasteiger partial charge in [0, 0.05) is 0 Å². The van der Waals surface area contributed by atoms with Crippen molar-refractivity contribution in [2.75, 3.05) is 32.2 Å². The summed E-state index contributed by atoms with van der Waals surface area (Å²) in [5, 5.41) is 10.5. The zero-order valence-corrected chi connectivity index (χ0v) is 8.84. The monoisotopic (exact) mass is 230 g/mol. The number of morpholine rings is 1. The van der Waals surface area contributed by atoms with Crippen LogP contribution in [0.3, 0.4) is 0 Å². The van der Waals surface area contributed by atoms with Crippen LogP contribution in [-0.2, 0) is 9.30 Å². The number of alkyl halides is 1. The molecule has 1 rings (SSSR count). The first-order valence-corrected chi connectivity index (χ1v) is 5.73. The first kappa shape index (κ1) is 13.2. The van der Waals surface area contributed by atoms with Gasteiger partial charge < -0.3 is 20.1 Å². The number of aliphatic hydroxyl groups is 1. The maximum absolute atomic E-state index is 9.63. The molecule has 13 heavy (non-hydrogen) atoms. The van der Waals surface area contributed by atoms with E-state index in [1.165, 1.54) is 0 Å². The van der Waals surface area contributed by atoms with Gasteiger partial charge in [-0.05, 0) is 0 Å². The number of hydrogen-bond acceptors (Lipinski definition) is 4. The molecule has 0 saturated carbocycles. The number of halogens is 1.